The number of carbonyl (C=O) groups excluding carboxylic acids is 2. The first-order valence-electron chi connectivity index (χ1n) is 10.1. The standard InChI is InChI=1S/C24H26ClN3O4/c1-6-7-21(29)32-14-24(2,3)26-23(30)22-17-10-8-16(13-19(17)28(4)27-22)15-9-11-20(31-5)18(25)12-15/h6-13H,14H2,1-5H3,(H,26,30)/b7-6+. The van der Waals surface area contributed by atoms with Crippen LogP contribution in [0.1, 0.15) is 31.3 Å². The van der Waals surface area contributed by atoms with E-state index in [1.165, 1.54) is 6.08 Å². The number of hydrogen-bond donors (Lipinski definition) is 1. The molecule has 1 N–H and O–H groups in total. The number of amides is 1. The molecule has 0 aliphatic rings. The summed E-state index contributed by atoms with van der Waals surface area (Å²) in [7, 11) is 3.36. The molecule has 168 valence electrons. The van der Waals surface area contributed by atoms with Crippen molar-refractivity contribution in [2.24, 2.45) is 7.05 Å². The lowest BCUT2D eigenvalue weighted by molar-refractivity contribution is -0.139. The predicted octanol–water partition coefficient (Wildman–Crippen LogP) is 4.53. The normalized spacial score (nSPS) is 11.7. The number of fused-ring (bicyclic) bond motifs is 1. The molecule has 0 aliphatic heterocycles. The Morgan fingerprint density at radius 2 is 1.88 bits per heavy atom. The number of methoxy groups -OCH3 is 1. The molecular weight excluding hydrogens is 430 g/mol. The number of halogens is 1. The average Bonchev–Trinajstić information content (AvgIpc) is 3.08. The first-order chi connectivity index (χ1) is 15.1. The van der Waals surface area contributed by atoms with Gasteiger partial charge in [0.15, 0.2) is 5.69 Å². The number of ether oxygens (including phenoxy) is 2. The SMILES string of the molecule is C/C=C/C(=O)OCC(C)(C)NC(=O)c1nn(C)c2cc(-c3ccc(OC)c(Cl)c3)ccc12. The summed E-state index contributed by atoms with van der Waals surface area (Å²) in [6.07, 6.45) is 2.93. The first kappa shape index (κ1) is 23.3. The van der Waals surface area contributed by atoms with Gasteiger partial charge in [0.05, 0.1) is 23.2 Å². The Labute approximate surface area is 192 Å². The number of allylic oxidation sites excluding steroid dienone is 1. The molecule has 0 saturated carbocycles. The third-order valence-electron chi connectivity index (χ3n) is 4.88. The highest BCUT2D eigenvalue weighted by molar-refractivity contribution is 6.32. The van der Waals surface area contributed by atoms with Gasteiger partial charge < -0.3 is 14.8 Å². The van der Waals surface area contributed by atoms with Crippen molar-refractivity contribution < 1.29 is 19.1 Å². The van der Waals surface area contributed by atoms with Gasteiger partial charge in [0.1, 0.15) is 12.4 Å². The molecule has 1 aromatic heterocycles. The summed E-state index contributed by atoms with van der Waals surface area (Å²) in [5, 5.41) is 8.55. The van der Waals surface area contributed by atoms with E-state index in [4.69, 9.17) is 21.1 Å². The molecule has 2 aromatic carbocycles. The van der Waals surface area contributed by atoms with Crippen molar-refractivity contribution in [1.82, 2.24) is 15.1 Å². The largest absolute Gasteiger partial charge is 0.495 e. The third-order valence-corrected chi connectivity index (χ3v) is 5.18. The van der Waals surface area contributed by atoms with Gasteiger partial charge >= 0.3 is 5.97 Å². The average molecular weight is 456 g/mol. The zero-order chi connectivity index (χ0) is 23.5. The molecule has 0 unspecified atom stereocenters. The van der Waals surface area contributed by atoms with Gasteiger partial charge in [-0.1, -0.05) is 29.8 Å². The number of carbonyl (C=O) groups is 2. The molecule has 0 spiro atoms. The van der Waals surface area contributed by atoms with Crippen LogP contribution in [0.25, 0.3) is 22.0 Å². The molecule has 1 amide bonds. The number of nitrogens with one attached hydrogen (secondary N) is 1. The van der Waals surface area contributed by atoms with Crippen molar-refractivity contribution in [2.45, 2.75) is 26.3 Å². The Balaban J connectivity index is 1.85. The number of esters is 1. The summed E-state index contributed by atoms with van der Waals surface area (Å²) >= 11 is 6.27. The van der Waals surface area contributed by atoms with Crippen LogP contribution in [-0.2, 0) is 16.6 Å². The number of aromatic nitrogens is 2. The van der Waals surface area contributed by atoms with E-state index >= 15 is 0 Å². The van der Waals surface area contributed by atoms with Crippen molar-refractivity contribution >= 4 is 34.4 Å². The van der Waals surface area contributed by atoms with E-state index in [1.807, 2.05) is 36.4 Å². The second kappa shape index (κ2) is 9.44. The maximum absolute atomic E-state index is 13.0. The van der Waals surface area contributed by atoms with Crippen LogP contribution in [-0.4, -0.2) is 40.9 Å². The Morgan fingerprint density at radius 1 is 1.19 bits per heavy atom. The molecule has 0 fully saturated rings. The second-order valence-electron chi connectivity index (χ2n) is 8.00. The summed E-state index contributed by atoms with van der Waals surface area (Å²) in [6.45, 7) is 5.33. The summed E-state index contributed by atoms with van der Waals surface area (Å²) < 4.78 is 12.1. The smallest absolute Gasteiger partial charge is 0.330 e. The minimum absolute atomic E-state index is 0.0368. The van der Waals surface area contributed by atoms with E-state index in [0.29, 0.717) is 16.5 Å². The van der Waals surface area contributed by atoms with Gasteiger partial charge in [-0.05, 0) is 56.2 Å². The van der Waals surface area contributed by atoms with E-state index in [0.717, 1.165) is 22.0 Å². The van der Waals surface area contributed by atoms with Crippen molar-refractivity contribution in [3.05, 3.63) is 59.3 Å². The molecule has 0 saturated heterocycles. The fourth-order valence-corrected chi connectivity index (χ4v) is 3.55. The van der Waals surface area contributed by atoms with E-state index in [9.17, 15) is 9.59 Å². The van der Waals surface area contributed by atoms with Crippen LogP contribution in [0.15, 0.2) is 48.6 Å². The molecule has 0 bridgehead atoms. The zero-order valence-corrected chi connectivity index (χ0v) is 19.5. The zero-order valence-electron chi connectivity index (χ0n) is 18.7. The van der Waals surface area contributed by atoms with E-state index < -0.39 is 11.5 Å². The topological polar surface area (TPSA) is 82.5 Å². The van der Waals surface area contributed by atoms with Gasteiger partial charge in [0.25, 0.3) is 5.91 Å². The van der Waals surface area contributed by atoms with Crippen LogP contribution in [0.5, 0.6) is 5.75 Å². The number of hydrogen-bond acceptors (Lipinski definition) is 5. The quantitative estimate of drug-likeness (QED) is 0.418. The van der Waals surface area contributed by atoms with Crippen molar-refractivity contribution in [2.75, 3.05) is 13.7 Å². The van der Waals surface area contributed by atoms with Crippen molar-refractivity contribution in [3.63, 3.8) is 0 Å². The fraction of sp³-hybridized carbons (Fsp3) is 0.292. The van der Waals surface area contributed by atoms with E-state index in [2.05, 4.69) is 10.4 Å². The minimum atomic E-state index is -0.766. The second-order valence-corrected chi connectivity index (χ2v) is 8.41. The van der Waals surface area contributed by atoms with E-state index in [1.54, 1.807) is 45.7 Å². The van der Waals surface area contributed by atoms with Gasteiger partial charge in [0, 0.05) is 18.5 Å². The van der Waals surface area contributed by atoms with Crippen LogP contribution in [0.3, 0.4) is 0 Å². The van der Waals surface area contributed by atoms with Crippen LogP contribution < -0.4 is 10.1 Å². The lowest BCUT2D eigenvalue weighted by Gasteiger charge is -2.25. The number of nitrogens with zero attached hydrogens (tertiary/aromatic N) is 2. The molecule has 0 atom stereocenters. The molecule has 1 heterocycles. The molecular formula is C24H26ClN3O4. The van der Waals surface area contributed by atoms with Crippen LogP contribution in [0, 0.1) is 0 Å². The molecule has 0 radical (unpaired) electrons. The first-order valence-corrected chi connectivity index (χ1v) is 10.5. The lowest BCUT2D eigenvalue weighted by Crippen LogP contribution is -2.47. The number of benzene rings is 2. The van der Waals surface area contributed by atoms with Crippen molar-refractivity contribution in [1.29, 1.82) is 0 Å². The predicted molar refractivity (Wildman–Crippen MR) is 125 cm³/mol. The van der Waals surface area contributed by atoms with Crippen LogP contribution >= 0.6 is 11.6 Å². The van der Waals surface area contributed by atoms with Crippen molar-refractivity contribution in [3.8, 4) is 16.9 Å². The Hall–Kier alpha value is -3.32. The summed E-state index contributed by atoms with van der Waals surface area (Å²) in [5.41, 5.74) is 2.20. The van der Waals surface area contributed by atoms with Gasteiger partial charge in [-0.2, -0.15) is 5.10 Å². The Morgan fingerprint density at radius 3 is 2.53 bits per heavy atom. The lowest BCUT2D eigenvalue weighted by atomic mass is 10.0. The molecule has 0 aliphatic carbocycles. The Bertz CT molecular complexity index is 1200. The molecule has 3 rings (SSSR count). The van der Waals surface area contributed by atoms with E-state index in [-0.39, 0.29) is 12.5 Å². The van der Waals surface area contributed by atoms with Crippen LogP contribution in [0.4, 0.5) is 0 Å². The van der Waals surface area contributed by atoms with Gasteiger partial charge in [-0.25, -0.2) is 4.79 Å². The Kier molecular flexibility index (Phi) is 6.89. The number of rotatable bonds is 7. The summed E-state index contributed by atoms with van der Waals surface area (Å²) in [4.78, 5) is 24.5. The molecule has 7 nitrogen and oxygen atoms in total. The van der Waals surface area contributed by atoms with Gasteiger partial charge in [-0.15, -0.1) is 0 Å². The molecule has 8 heteroatoms. The maximum Gasteiger partial charge on any atom is 0.330 e. The van der Waals surface area contributed by atoms with Gasteiger partial charge in [0.2, 0.25) is 0 Å². The maximum atomic E-state index is 13.0. The third kappa shape index (κ3) is 5.11. The fourth-order valence-electron chi connectivity index (χ4n) is 3.29. The van der Waals surface area contributed by atoms with Crippen LogP contribution in [0.2, 0.25) is 5.02 Å². The number of aryl methyl sites for hydroxylation is 1. The molecule has 3 aromatic rings. The molecule has 32 heavy (non-hydrogen) atoms. The summed E-state index contributed by atoms with van der Waals surface area (Å²) in [5.74, 6) is -0.192. The highest BCUT2D eigenvalue weighted by Gasteiger charge is 2.26. The summed E-state index contributed by atoms with van der Waals surface area (Å²) in [6, 6.07) is 11.3. The highest BCUT2D eigenvalue weighted by Crippen LogP contribution is 2.32. The minimum Gasteiger partial charge on any atom is -0.495 e. The monoisotopic (exact) mass is 455 g/mol. The highest BCUT2D eigenvalue weighted by atomic mass is 35.5. The van der Waals surface area contributed by atoms with Gasteiger partial charge in [-0.3, -0.25) is 9.48 Å².